The molecule has 2 aromatic heterocycles. The van der Waals surface area contributed by atoms with Crippen LogP contribution in [0.4, 0.5) is 5.69 Å². The molecule has 0 radical (unpaired) electrons. The quantitative estimate of drug-likeness (QED) is 0.355. The van der Waals surface area contributed by atoms with E-state index in [0.29, 0.717) is 11.5 Å². The van der Waals surface area contributed by atoms with Crippen LogP contribution in [0.25, 0.3) is 22.2 Å². The summed E-state index contributed by atoms with van der Waals surface area (Å²) in [7, 11) is 0. The number of benzene rings is 2. The minimum atomic E-state index is -0.151. The van der Waals surface area contributed by atoms with E-state index in [1.165, 1.54) is 0 Å². The van der Waals surface area contributed by atoms with Gasteiger partial charge in [-0.25, -0.2) is 4.98 Å². The van der Waals surface area contributed by atoms with Crippen LogP contribution in [-0.4, -0.2) is 15.9 Å². The maximum atomic E-state index is 13.4. The van der Waals surface area contributed by atoms with Gasteiger partial charge in [-0.05, 0) is 60.4 Å². The summed E-state index contributed by atoms with van der Waals surface area (Å²) in [6, 6.07) is 19.4. The number of amides is 1. The number of nitrogens with one attached hydrogen (secondary N) is 1. The Balaban J connectivity index is 1.81. The van der Waals surface area contributed by atoms with Crippen molar-refractivity contribution >= 4 is 38.4 Å². The lowest BCUT2D eigenvalue weighted by Crippen LogP contribution is -2.15. The maximum Gasteiger partial charge on any atom is 0.256 e. The van der Waals surface area contributed by atoms with Crippen molar-refractivity contribution in [3.63, 3.8) is 0 Å². The molecule has 0 saturated heterocycles. The minimum absolute atomic E-state index is 0.151. The van der Waals surface area contributed by atoms with Gasteiger partial charge in [-0.2, -0.15) is 0 Å². The molecule has 30 heavy (non-hydrogen) atoms. The van der Waals surface area contributed by atoms with Gasteiger partial charge in [-0.15, -0.1) is 0 Å². The Morgan fingerprint density at radius 1 is 1.10 bits per heavy atom. The third kappa shape index (κ3) is 4.12. The van der Waals surface area contributed by atoms with Crippen LogP contribution < -0.4 is 5.32 Å². The van der Waals surface area contributed by atoms with E-state index in [2.05, 4.69) is 46.1 Å². The molecule has 4 nitrogen and oxygen atoms in total. The van der Waals surface area contributed by atoms with Gasteiger partial charge in [-0.1, -0.05) is 48.0 Å². The number of aromatic nitrogens is 2. The maximum absolute atomic E-state index is 13.4. The number of anilines is 1. The van der Waals surface area contributed by atoms with Crippen molar-refractivity contribution in [3.05, 3.63) is 88.7 Å². The number of pyridine rings is 2. The Morgan fingerprint density at radius 3 is 2.70 bits per heavy atom. The molecule has 1 atom stereocenters. The fourth-order valence-electron chi connectivity index (χ4n) is 3.50. The van der Waals surface area contributed by atoms with Gasteiger partial charge in [0.1, 0.15) is 0 Å². The lowest BCUT2D eigenvalue weighted by Gasteiger charge is -2.16. The van der Waals surface area contributed by atoms with E-state index in [1.807, 2.05) is 54.6 Å². The summed E-state index contributed by atoms with van der Waals surface area (Å²) in [5.41, 5.74) is 4.92. The highest BCUT2D eigenvalue weighted by Gasteiger charge is 2.17. The molecule has 0 unspecified atom stereocenters. The van der Waals surface area contributed by atoms with Gasteiger partial charge in [0, 0.05) is 33.5 Å². The molecule has 150 valence electrons. The zero-order valence-electron chi connectivity index (χ0n) is 16.9. The predicted molar refractivity (Wildman–Crippen MR) is 126 cm³/mol. The summed E-state index contributed by atoms with van der Waals surface area (Å²) in [4.78, 5) is 22.4. The summed E-state index contributed by atoms with van der Waals surface area (Å²) < 4.78 is 0.903. The van der Waals surface area contributed by atoms with Crippen LogP contribution in [-0.2, 0) is 0 Å². The summed E-state index contributed by atoms with van der Waals surface area (Å²) in [6.45, 7) is 4.32. The van der Waals surface area contributed by atoms with Crippen LogP contribution in [0.3, 0.4) is 0 Å². The molecule has 0 aliphatic heterocycles. The molecule has 0 fully saturated rings. The highest BCUT2D eigenvalue weighted by atomic mass is 79.9. The standard InChI is InChI=1S/C25H22BrN3O/c1-3-16(2)19-8-4-5-9-22(19)29-25(30)21-14-24(17-7-6-12-27-15-17)28-23-11-10-18(26)13-20(21)23/h4-16H,3H2,1-2H3,(H,29,30)/t16-/m0/s1. The van der Waals surface area contributed by atoms with Gasteiger partial charge in [0.05, 0.1) is 16.8 Å². The van der Waals surface area contributed by atoms with E-state index in [1.54, 1.807) is 12.4 Å². The van der Waals surface area contributed by atoms with E-state index in [9.17, 15) is 4.79 Å². The lowest BCUT2D eigenvalue weighted by atomic mass is 9.96. The summed E-state index contributed by atoms with van der Waals surface area (Å²) in [5.74, 6) is 0.206. The van der Waals surface area contributed by atoms with E-state index in [-0.39, 0.29) is 5.91 Å². The second-order valence-corrected chi connectivity index (χ2v) is 8.22. The molecule has 2 heterocycles. The van der Waals surface area contributed by atoms with Crippen LogP contribution in [0.1, 0.15) is 42.1 Å². The first kappa shape index (κ1) is 20.2. The number of halogens is 1. The number of carbonyl (C=O) groups excluding carboxylic acids is 1. The van der Waals surface area contributed by atoms with Crippen molar-refractivity contribution < 1.29 is 4.79 Å². The number of hydrogen-bond donors (Lipinski definition) is 1. The molecule has 0 spiro atoms. The van der Waals surface area contributed by atoms with Crippen LogP contribution in [0.5, 0.6) is 0 Å². The first-order valence-corrected chi connectivity index (χ1v) is 10.8. The Labute approximate surface area is 184 Å². The van der Waals surface area contributed by atoms with Crippen LogP contribution in [0, 0.1) is 0 Å². The van der Waals surface area contributed by atoms with Crippen molar-refractivity contribution in [1.82, 2.24) is 9.97 Å². The van der Waals surface area contributed by atoms with Gasteiger partial charge < -0.3 is 5.32 Å². The van der Waals surface area contributed by atoms with Gasteiger partial charge in [0.25, 0.3) is 5.91 Å². The molecule has 2 aromatic carbocycles. The molecule has 5 heteroatoms. The third-order valence-corrected chi connectivity index (χ3v) is 5.82. The fraction of sp³-hybridized carbons (Fsp3) is 0.160. The smallest absolute Gasteiger partial charge is 0.256 e. The lowest BCUT2D eigenvalue weighted by molar-refractivity contribution is 0.102. The van der Waals surface area contributed by atoms with Crippen LogP contribution in [0.15, 0.2) is 77.5 Å². The molecular formula is C25H22BrN3O. The Morgan fingerprint density at radius 2 is 1.93 bits per heavy atom. The Hall–Kier alpha value is -3.05. The van der Waals surface area contributed by atoms with Gasteiger partial charge in [-0.3, -0.25) is 9.78 Å². The summed E-state index contributed by atoms with van der Waals surface area (Å²) >= 11 is 3.52. The van der Waals surface area contributed by atoms with Crippen molar-refractivity contribution in [3.8, 4) is 11.3 Å². The second-order valence-electron chi connectivity index (χ2n) is 7.31. The van der Waals surface area contributed by atoms with Crippen LogP contribution in [0.2, 0.25) is 0 Å². The Bertz CT molecular complexity index is 1210. The van der Waals surface area contributed by atoms with Gasteiger partial charge >= 0.3 is 0 Å². The SMILES string of the molecule is CC[C@H](C)c1ccccc1NC(=O)c1cc(-c2cccnc2)nc2ccc(Br)cc12. The van der Waals surface area contributed by atoms with E-state index < -0.39 is 0 Å². The molecule has 1 N–H and O–H groups in total. The first-order chi connectivity index (χ1) is 14.6. The van der Waals surface area contributed by atoms with Gasteiger partial charge in [0.15, 0.2) is 0 Å². The summed E-state index contributed by atoms with van der Waals surface area (Å²) in [6.07, 6.45) is 4.48. The molecule has 4 rings (SSSR count). The van der Waals surface area contributed by atoms with Crippen molar-refractivity contribution in [1.29, 1.82) is 0 Å². The molecule has 0 bridgehead atoms. The van der Waals surface area contributed by atoms with Crippen molar-refractivity contribution in [2.45, 2.75) is 26.2 Å². The normalized spacial score (nSPS) is 12.0. The van der Waals surface area contributed by atoms with Crippen LogP contribution >= 0.6 is 15.9 Å². The zero-order valence-corrected chi connectivity index (χ0v) is 18.5. The predicted octanol–water partition coefficient (Wildman–Crippen LogP) is 6.83. The summed E-state index contributed by atoms with van der Waals surface area (Å²) in [5, 5.41) is 3.94. The average Bonchev–Trinajstić information content (AvgIpc) is 2.78. The highest BCUT2D eigenvalue weighted by Crippen LogP contribution is 2.30. The third-order valence-electron chi connectivity index (χ3n) is 5.32. The monoisotopic (exact) mass is 459 g/mol. The molecule has 0 aliphatic carbocycles. The zero-order chi connectivity index (χ0) is 21.1. The van der Waals surface area contributed by atoms with E-state index in [4.69, 9.17) is 4.98 Å². The molecule has 0 aliphatic rings. The largest absolute Gasteiger partial charge is 0.322 e. The van der Waals surface area contributed by atoms with Crippen molar-refractivity contribution in [2.75, 3.05) is 5.32 Å². The van der Waals surface area contributed by atoms with Crippen molar-refractivity contribution in [2.24, 2.45) is 0 Å². The van der Waals surface area contributed by atoms with Gasteiger partial charge in [0.2, 0.25) is 0 Å². The Kier molecular flexibility index (Phi) is 5.91. The number of fused-ring (bicyclic) bond motifs is 1. The number of rotatable bonds is 5. The first-order valence-electron chi connectivity index (χ1n) is 9.97. The average molecular weight is 460 g/mol. The number of nitrogens with zero attached hydrogens (tertiary/aromatic N) is 2. The molecule has 0 saturated carbocycles. The minimum Gasteiger partial charge on any atom is -0.322 e. The second kappa shape index (κ2) is 8.76. The number of hydrogen-bond acceptors (Lipinski definition) is 3. The number of carbonyl (C=O) groups is 1. The molecule has 1 amide bonds. The topological polar surface area (TPSA) is 54.9 Å². The van der Waals surface area contributed by atoms with E-state index in [0.717, 1.165) is 44.3 Å². The molecular weight excluding hydrogens is 438 g/mol. The number of para-hydroxylation sites is 1. The highest BCUT2D eigenvalue weighted by molar-refractivity contribution is 9.10. The molecule has 4 aromatic rings. The van der Waals surface area contributed by atoms with E-state index >= 15 is 0 Å². The fourth-order valence-corrected chi connectivity index (χ4v) is 3.86.